The topological polar surface area (TPSA) is 56.3 Å². The summed E-state index contributed by atoms with van der Waals surface area (Å²) in [7, 11) is 0. The minimum absolute atomic E-state index is 0. The van der Waals surface area contributed by atoms with E-state index in [0.29, 0.717) is 16.4 Å². The Bertz CT molecular complexity index is 3360. The molecule has 5 aromatic carbocycles. The van der Waals surface area contributed by atoms with E-state index in [2.05, 4.69) is 108 Å². The maximum absolute atomic E-state index is 14.7. The zero-order valence-electron chi connectivity index (χ0n) is 41.7. The van der Waals surface area contributed by atoms with Crippen LogP contribution in [0.15, 0.2) is 108 Å². The fourth-order valence-corrected chi connectivity index (χ4v) is 13.3. The van der Waals surface area contributed by atoms with E-state index in [1.165, 1.54) is 39.0 Å². The van der Waals surface area contributed by atoms with Crippen LogP contribution >= 0.6 is 11.3 Å². The van der Waals surface area contributed by atoms with Crippen LogP contribution < -0.4 is 9.30 Å². The number of aryl methyl sites for hydroxylation is 4. The Labute approximate surface area is 392 Å². The fraction of sp³-hybridized carbons (Fsp3) is 0.245. The summed E-state index contributed by atoms with van der Waals surface area (Å²) in [6.07, 6.45) is 3.12. The average Bonchev–Trinajstić information content (AvgIpc) is 3.98. The van der Waals surface area contributed by atoms with Crippen LogP contribution in [0.3, 0.4) is 0 Å². The molecule has 4 aromatic heterocycles. The van der Waals surface area contributed by atoms with Gasteiger partial charge < -0.3 is 14.6 Å². The molecule has 0 fully saturated rings. The number of pyridine rings is 2. The van der Waals surface area contributed by atoms with E-state index in [1.807, 2.05) is 48.7 Å². The zero-order chi connectivity index (χ0) is 47.7. The van der Waals surface area contributed by atoms with Crippen LogP contribution in [0.4, 0.5) is 21.5 Å². The van der Waals surface area contributed by atoms with Crippen molar-refractivity contribution in [3.8, 4) is 11.3 Å². The molecule has 314 valence electrons. The summed E-state index contributed by atoms with van der Waals surface area (Å²) in [5.41, 5.74) is 9.80. The molecule has 0 bridgehead atoms. The summed E-state index contributed by atoms with van der Waals surface area (Å²) in [6.45, 7) is 3.85. The van der Waals surface area contributed by atoms with Gasteiger partial charge in [0.15, 0.2) is 0 Å². The number of benzene rings is 5. The van der Waals surface area contributed by atoms with Crippen LogP contribution in [0.5, 0.6) is 0 Å². The van der Waals surface area contributed by atoms with Crippen molar-refractivity contribution in [1.29, 1.82) is 0 Å². The number of para-hydroxylation sites is 3. The first kappa shape index (κ1) is 36.6. The van der Waals surface area contributed by atoms with Gasteiger partial charge in [0.05, 0.1) is 5.69 Å². The number of anilines is 2. The van der Waals surface area contributed by atoms with Crippen molar-refractivity contribution in [3.05, 3.63) is 160 Å². The summed E-state index contributed by atoms with van der Waals surface area (Å²) < 4.78 is 69.5. The SMILES string of the molecule is [2H]C([2H])([2H])c1cc[c-]c(-c2cc(C(C)C)[c]([Ge]([CH3])([CH3])[CH3])cn2)c1F.[2H]C([2H])([2H])c1ccc2c(n1)sc1c(C3[N-]c4ccccc4N3c3c(CC)cc4c(oc5ccccc54)c3CC)[c-]ccc12.[Ir+3]. The Morgan fingerprint density at radius 1 is 0.903 bits per heavy atom. The van der Waals surface area contributed by atoms with E-state index in [4.69, 9.17) is 18.0 Å². The van der Waals surface area contributed by atoms with E-state index in [9.17, 15) is 4.39 Å². The molecular weight excluding hydrogens is 1020 g/mol. The van der Waals surface area contributed by atoms with Gasteiger partial charge in [-0.1, -0.05) is 61.0 Å². The average molecular weight is 1080 g/mol. The fourth-order valence-electron chi connectivity index (χ4n) is 8.62. The van der Waals surface area contributed by atoms with Crippen molar-refractivity contribution in [3.63, 3.8) is 0 Å². The van der Waals surface area contributed by atoms with Crippen molar-refractivity contribution < 1.29 is 37.1 Å². The van der Waals surface area contributed by atoms with E-state index >= 15 is 0 Å². The van der Waals surface area contributed by atoms with Crippen LogP contribution in [-0.4, -0.2) is 23.2 Å². The van der Waals surface area contributed by atoms with E-state index in [0.717, 1.165) is 78.4 Å². The number of nitrogens with zero attached hydrogens (tertiary/aromatic N) is 4. The number of furan rings is 1. The van der Waals surface area contributed by atoms with Crippen molar-refractivity contribution in [2.24, 2.45) is 0 Å². The number of hydrogen-bond donors (Lipinski definition) is 0. The van der Waals surface area contributed by atoms with Gasteiger partial charge in [-0.25, -0.2) is 4.98 Å². The first-order chi connectivity index (χ1) is 31.8. The summed E-state index contributed by atoms with van der Waals surface area (Å²) in [5, 5.41) is 9.53. The Morgan fingerprint density at radius 2 is 1.69 bits per heavy atom. The Hall–Kier alpha value is -4.86. The molecule has 5 heterocycles. The Kier molecular flexibility index (Phi) is 10.3. The second-order valence-corrected chi connectivity index (χ2v) is 28.4. The van der Waals surface area contributed by atoms with Crippen molar-refractivity contribution in [2.45, 2.75) is 83.6 Å². The minimum atomic E-state index is -2.49. The minimum Gasteiger partial charge on any atom is -0.661 e. The molecule has 10 rings (SSSR count). The van der Waals surface area contributed by atoms with Gasteiger partial charge in [0.25, 0.3) is 0 Å². The molecule has 1 unspecified atom stereocenters. The van der Waals surface area contributed by atoms with Gasteiger partial charge in [-0.05, 0) is 61.1 Å². The molecule has 0 saturated heterocycles. The third kappa shape index (κ3) is 7.67. The van der Waals surface area contributed by atoms with Crippen molar-refractivity contribution in [2.75, 3.05) is 4.90 Å². The van der Waals surface area contributed by atoms with Crippen LogP contribution in [0.25, 0.3) is 58.8 Å². The molecule has 0 saturated carbocycles. The first-order valence-electron chi connectivity index (χ1n) is 23.8. The second-order valence-electron chi connectivity index (χ2n) is 16.8. The first-order valence-corrected chi connectivity index (χ1v) is 29.0. The Morgan fingerprint density at radius 3 is 2.45 bits per heavy atom. The predicted molar refractivity (Wildman–Crippen MR) is 258 cm³/mol. The summed E-state index contributed by atoms with van der Waals surface area (Å²) in [6, 6.07) is 37.3. The predicted octanol–water partition coefficient (Wildman–Crippen LogP) is 15.1. The standard InChI is InChI=1S/C35H27N3OS.C18H23FGeN.Ir/c1-4-21-19-27-23-11-6-9-16-30(23)39-32(27)22(5-2)31(21)38-29-15-8-7-14-28(29)37-34(38)26-13-10-12-24-25-18-17-20(3)36-35(25)40-33(24)26;1-12(2)15-10-17(21-11-16(15)20(4,5)6)14-9-7-8-13(3)18(14)19;/h6-12,14-19,34H,4-5H2,1-3H3;7-8,10-12H,1-6H3;/q-2;-1;+3/i2*3D3;. The molecular formula is C53H50FGeIrN4OS. The van der Waals surface area contributed by atoms with Gasteiger partial charge in [0.2, 0.25) is 0 Å². The molecule has 0 spiro atoms. The van der Waals surface area contributed by atoms with Gasteiger partial charge >= 0.3 is 154 Å². The van der Waals surface area contributed by atoms with E-state index in [-0.39, 0.29) is 43.1 Å². The number of hydrogen-bond acceptors (Lipinski definition) is 5. The summed E-state index contributed by atoms with van der Waals surface area (Å²) in [5.74, 6) is 6.42. The zero-order valence-corrected chi connectivity index (χ0v) is 41.0. The number of halogens is 1. The van der Waals surface area contributed by atoms with E-state index < -0.39 is 32.8 Å². The van der Waals surface area contributed by atoms with Crippen LogP contribution in [0.2, 0.25) is 17.3 Å². The maximum atomic E-state index is 14.7. The van der Waals surface area contributed by atoms with Gasteiger partial charge in [-0.15, -0.1) is 16.6 Å². The number of rotatable bonds is 7. The molecule has 0 radical (unpaired) electrons. The molecule has 5 nitrogen and oxygen atoms in total. The summed E-state index contributed by atoms with van der Waals surface area (Å²) in [4.78, 5) is 12.1. The molecule has 1 aliphatic heterocycles. The molecule has 0 amide bonds. The molecule has 9 heteroatoms. The van der Waals surface area contributed by atoms with Gasteiger partial charge in [-0.3, -0.25) is 0 Å². The van der Waals surface area contributed by atoms with Gasteiger partial charge in [0, 0.05) is 31.8 Å². The third-order valence-corrected chi connectivity index (χ3v) is 17.0. The molecule has 0 aliphatic carbocycles. The smallest absolute Gasteiger partial charge is 0.661 e. The number of aromatic nitrogens is 2. The quantitative estimate of drug-likeness (QED) is 0.118. The second kappa shape index (κ2) is 17.4. The van der Waals surface area contributed by atoms with Gasteiger partial charge in [-0.2, -0.15) is 29.5 Å². The Balaban J connectivity index is 0.000000214. The largest absolute Gasteiger partial charge is 3.00 e. The molecule has 1 aliphatic rings. The normalized spacial score (nSPS) is 15.6. The van der Waals surface area contributed by atoms with Crippen LogP contribution in [0.1, 0.15) is 81.5 Å². The number of thiophene rings is 1. The van der Waals surface area contributed by atoms with Crippen molar-refractivity contribution in [1.82, 2.24) is 9.97 Å². The van der Waals surface area contributed by atoms with Gasteiger partial charge in [0.1, 0.15) is 16.0 Å². The van der Waals surface area contributed by atoms with Crippen LogP contribution in [-0.2, 0) is 32.9 Å². The monoisotopic (exact) mass is 1080 g/mol. The molecule has 62 heavy (non-hydrogen) atoms. The third-order valence-electron chi connectivity index (χ3n) is 11.6. The molecule has 0 N–H and O–H groups in total. The van der Waals surface area contributed by atoms with Crippen molar-refractivity contribution >= 4 is 88.3 Å². The summed E-state index contributed by atoms with van der Waals surface area (Å²) >= 11 is -0.591. The number of fused-ring (bicyclic) bond motifs is 7. The van der Waals surface area contributed by atoms with Crippen LogP contribution in [0, 0.1) is 31.7 Å². The molecule has 9 aromatic rings. The molecule has 1 atom stereocenters. The maximum Gasteiger partial charge on any atom is 3.00 e. The van der Waals surface area contributed by atoms with E-state index in [1.54, 1.807) is 6.07 Å².